The van der Waals surface area contributed by atoms with Crippen LogP contribution < -0.4 is 0 Å². The third-order valence-electron chi connectivity index (χ3n) is 3.48. The van der Waals surface area contributed by atoms with Crippen LogP contribution in [-0.2, 0) is 20.2 Å². The third kappa shape index (κ3) is 4.22. The average Bonchev–Trinajstić information content (AvgIpc) is 2.45. The number of fused-ring (bicyclic) bond motifs is 3. The average molecular weight is 402 g/mol. The molecule has 11 heteroatoms. The predicted octanol–water partition coefficient (Wildman–Crippen LogP) is 0.895. The van der Waals surface area contributed by atoms with Gasteiger partial charge in [-0.2, -0.15) is 16.8 Å². The second-order valence-electron chi connectivity index (χ2n) is 4.88. The zero-order valence-corrected chi connectivity index (χ0v) is 13.0. The molecule has 0 saturated carbocycles. The molecule has 3 aromatic rings. The quantitative estimate of drug-likeness (QED) is 0.330. The van der Waals surface area contributed by atoms with E-state index in [0.717, 1.165) is 18.2 Å². The topological polar surface area (TPSA) is 129 Å². The Morgan fingerprint density at radius 2 is 1.24 bits per heavy atom. The Morgan fingerprint density at radius 3 is 1.76 bits per heavy atom. The van der Waals surface area contributed by atoms with E-state index < -0.39 is 35.8 Å². The van der Waals surface area contributed by atoms with Crippen LogP contribution in [-0.4, -0.2) is 90.2 Å². The third-order valence-corrected chi connectivity index (χ3v) is 5.26. The standard InChI is InChI=1S/C14H10O7S2.2Na.2H/c15-13-10-4-2-1-3-9(10)12-7-8(22(16,17)18)5-6-11(12)14(13)23(19,20)21;;;;/h1-7,15H,(H,16,17,18)(H,19,20,21);;;;. The van der Waals surface area contributed by atoms with Gasteiger partial charge in [-0.15, -0.1) is 0 Å². The van der Waals surface area contributed by atoms with Crippen molar-refractivity contribution in [2.45, 2.75) is 9.79 Å². The van der Waals surface area contributed by atoms with Gasteiger partial charge in [-0.1, -0.05) is 30.3 Å². The van der Waals surface area contributed by atoms with E-state index in [-0.39, 0.29) is 75.3 Å². The molecule has 25 heavy (non-hydrogen) atoms. The molecule has 0 aliphatic rings. The molecule has 0 fully saturated rings. The van der Waals surface area contributed by atoms with E-state index in [1.54, 1.807) is 18.2 Å². The van der Waals surface area contributed by atoms with Crippen LogP contribution in [0.15, 0.2) is 52.3 Å². The SMILES string of the molecule is O=S(=O)(O)c1ccc2c(S(=O)(=O)O)c(O)c3ccccc3c2c1.[NaH].[NaH]. The molecule has 7 nitrogen and oxygen atoms in total. The molecule has 124 valence electrons. The Bertz CT molecular complexity index is 1170. The van der Waals surface area contributed by atoms with Gasteiger partial charge in [0.2, 0.25) is 0 Å². The van der Waals surface area contributed by atoms with Crippen LogP contribution in [0, 0.1) is 0 Å². The van der Waals surface area contributed by atoms with Crippen LogP contribution in [0.3, 0.4) is 0 Å². The molecule has 3 aromatic carbocycles. The van der Waals surface area contributed by atoms with Gasteiger partial charge in [0, 0.05) is 10.8 Å². The van der Waals surface area contributed by atoms with Crippen molar-refractivity contribution < 1.29 is 31.0 Å². The normalized spacial score (nSPS) is 11.8. The molecule has 0 radical (unpaired) electrons. The summed E-state index contributed by atoms with van der Waals surface area (Å²) in [5.41, 5.74) is 0. The van der Waals surface area contributed by atoms with Crippen molar-refractivity contribution >= 4 is 101 Å². The Morgan fingerprint density at radius 1 is 0.680 bits per heavy atom. The fourth-order valence-corrected chi connectivity index (χ4v) is 3.86. The fraction of sp³-hybridized carbons (Fsp3) is 0. The molecule has 3 rings (SSSR count). The molecule has 0 aromatic heterocycles. The minimum atomic E-state index is -4.76. The summed E-state index contributed by atoms with van der Waals surface area (Å²) >= 11 is 0. The van der Waals surface area contributed by atoms with Crippen molar-refractivity contribution in [1.29, 1.82) is 0 Å². The molecule has 3 N–H and O–H groups in total. The van der Waals surface area contributed by atoms with Gasteiger partial charge in [-0.05, 0) is 22.9 Å². The Hall–Kier alpha value is -0.200. The summed E-state index contributed by atoms with van der Waals surface area (Å²) in [5, 5.41) is 10.8. The molecule has 0 aliphatic heterocycles. The van der Waals surface area contributed by atoms with Crippen molar-refractivity contribution in [3.8, 4) is 5.75 Å². The Kier molecular flexibility index (Phi) is 7.14. The van der Waals surface area contributed by atoms with Gasteiger partial charge in [0.1, 0.15) is 10.6 Å². The summed E-state index contributed by atoms with van der Waals surface area (Å²) in [6.07, 6.45) is 0. The van der Waals surface area contributed by atoms with Crippen LogP contribution in [0.4, 0.5) is 0 Å². The fourth-order valence-electron chi connectivity index (χ4n) is 2.54. The summed E-state index contributed by atoms with van der Waals surface area (Å²) in [7, 11) is -9.26. The summed E-state index contributed by atoms with van der Waals surface area (Å²) < 4.78 is 64.4. The molecule has 0 unspecified atom stereocenters. The Balaban J connectivity index is 0.00000156. The summed E-state index contributed by atoms with van der Waals surface area (Å²) in [4.78, 5) is -1.14. The Labute approximate surface area is 188 Å². The van der Waals surface area contributed by atoms with E-state index >= 15 is 0 Å². The number of hydrogen-bond acceptors (Lipinski definition) is 5. The molecule has 0 heterocycles. The first kappa shape index (κ1) is 22.8. The second kappa shape index (κ2) is 7.81. The number of benzene rings is 3. The monoisotopic (exact) mass is 402 g/mol. The number of rotatable bonds is 2. The van der Waals surface area contributed by atoms with Crippen LogP contribution in [0.5, 0.6) is 5.75 Å². The van der Waals surface area contributed by atoms with Gasteiger partial charge in [-0.3, -0.25) is 9.11 Å². The van der Waals surface area contributed by atoms with Gasteiger partial charge in [0.15, 0.2) is 0 Å². The maximum absolute atomic E-state index is 11.6. The summed E-state index contributed by atoms with van der Waals surface area (Å²) in [6.45, 7) is 0. The molecular weight excluding hydrogens is 390 g/mol. The van der Waals surface area contributed by atoms with Gasteiger partial charge in [-0.25, -0.2) is 0 Å². The first-order valence-electron chi connectivity index (χ1n) is 6.23. The number of aromatic hydroxyl groups is 1. The van der Waals surface area contributed by atoms with Gasteiger partial charge >= 0.3 is 59.1 Å². The summed E-state index contributed by atoms with van der Waals surface area (Å²) in [6, 6.07) is 9.33. The van der Waals surface area contributed by atoms with Crippen molar-refractivity contribution in [3.05, 3.63) is 42.5 Å². The maximum atomic E-state index is 11.6. The number of hydrogen-bond donors (Lipinski definition) is 3. The first-order valence-corrected chi connectivity index (χ1v) is 9.11. The van der Waals surface area contributed by atoms with Crippen LogP contribution in [0.25, 0.3) is 21.5 Å². The van der Waals surface area contributed by atoms with Gasteiger partial charge < -0.3 is 5.11 Å². The summed E-state index contributed by atoms with van der Waals surface area (Å²) in [5.74, 6) is -0.629. The van der Waals surface area contributed by atoms with Crippen molar-refractivity contribution in [2.24, 2.45) is 0 Å². The molecule has 0 atom stereocenters. The van der Waals surface area contributed by atoms with Crippen LogP contribution >= 0.6 is 0 Å². The van der Waals surface area contributed by atoms with Gasteiger partial charge in [0.25, 0.3) is 20.2 Å². The van der Waals surface area contributed by atoms with Gasteiger partial charge in [0.05, 0.1) is 4.90 Å². The van der Waals surface area contributed by atoms with E-state index in [2.05, 4.69) is 0 Å². The van der Waals surface area contributed by atoms with E-state index in [1.807, 2.05) is 0 Å². The zero-order valence-electron chi connectivity index (χ0n) is 11.3. The van der Waals surface area contributed by atoms with Crippen molar-refractivity contribution in [3.63, 3.8) is 0 Å². The minimum absolute atomic E-state index is 0. The molecule has 0 saturated heterocycles. The van der Waals surface area contributed by atoms with E-state index in [4.69, 9.17) is 4.55 Å². The molecule has 0 amide bonds. The zero-order chi connectivity index (χ0) is 17.0. The molecule has 0 spiro atoms. The molecule has 0 aliphatic carbocycles. The van der Waals surface area contributed by atoms with Crippen LogP contribution in [0.1, 0.15) is 0 Å². The predicted molar refractivity (Wildman–Crippen MR) is 97.0 cm³/mol. The number of phenols is 1. The van der Waals surface area contributed by atoms with Crippen molar-refractivity contribution in [1.82, 2.24) is 0 Å². The van der Waals surface area contributed by atoms with E-state index in [0.29, 0.717) is 5.39 Å². The van der Waals surface area contributed by atoms with Crippen molar-refractivity contribution in [2.75, 3.05) is 0 Å². The van der Waals surface area contributed by atoms with E-state index in [1.165, 1.54) is 6.07 Å². The molecular formula is C14H12Na2O7S2. The number of phenolic OH excluding ortho intramolecular Hbond substituents is 1. The van der Waals surface area contributed by atoms with E-state index in [9.17, 15) is 26.5 Å². The van der Waals surface area contributed by atoms with Crippen LogP contribution in [0.2, 0.25) is 0 Å². The second-order valence-corrected chi connectivity index (χ2v) is 7.66. The molecule has 0 bridgehead atoms. The first-order chi connectivity index (χ1) is 10.6.